The summed E-state index contributed by atoms with van der Waals surface area (Å²) < 4.78 is 10.6. The highest BCUT2D eigenvalue weighted by atomic mass is 32.1. The Labute approximate surface area is 360 Å². The molecule has 0 bridgehead atoms. The summed E-state index contributed by atoms with van der Waals surface area (Å²) in [4.78, 5) is 15.4. The first kappa shape index (κ1) is 34.7. The third-order valence-electron chi connectivity index (χ3n) is 12.2. The molecule has 0 saturated carbocycles. The van der Waals surface area contributed by atoms with Crippen LogP contribution >= 0.6 is 45.3 Å². The van der Waals surface area contributed by atoms with E-state index in [-0.39, 0.29) is 0 Å². The summed E-state index contributed by atoms with van der Waals surface area (Å²) >= 11 is 7.66. The maximum absolute atomic E-state index is 5.56. The van der Waals surface area contributed by atoms with E-state index < -0.39 is 0 Å². The molecule has 286 valence electrons. The van der Waals surface area contributed by atoms with Crippen LogP contribution in [0.25, 0.3) is 125 Å². The number of thiophene rings is 4. The van der Waals surface area contributed by atoms with Gasteiger partial charge in [-0.25, -0.2) is 9.97 Å². The Balaban J connectivity index is 1.21. The highest BCUT2D eigenvalue weighted by Gasteiger charge is 2.25. The molecule has 0 saturated heterocycles. The van der Waals surface area contributed by atoms with Gasteiger partial charge in [0.2, 0.25) is 0 Å². The van der Waals surface area contributed by atoms with E-state index in [0.29, 0.717) is 0 Å². The van der Waals surface area contributed by atoms with Gasteiger partial charge < -0.3 is 9.80 Å². The van der Waals surface area contributed by atoms with Crippen LogP contribution in [0.2, 0.25) is 0 Å². The van der Waals surface area contributed by atoms with Gasteiger partial charge in [-0.05, 0) is 72.8 Å². The molecule has 8 aromatic carbocycles. The molecule has 0 radical (unpaired) electrons. The first-order valence-electron chi connectivity index (χ1n) is 20.0. The van der Waals surface area contributed by atoms with Crippen LogP contribution in [0, 0.1) is 0 Å². The molecule has 0 aliphatic heterocycles. The van der Waals surface area contributed by atoms with Gasteiger partial charge in [-0.15, -0.1) is 45.3 Å². The first-order valence-corrected chi connectivity index (χ1v) is 23.3. The van der Waals surface area contributed by atoms with Crippen molar-refractivity contribution in [2.24, 2.45) is 0 Å². The van der Waals surface area contributed by atoms with E-state index in [4.69, 9.17) is 9.97 Å². The third-order valence-corrected chi connectivity index (χ3v) is 16.9. The van der Waals surface area contributed by atoms with Crippen LogP contribution in [0.5, 0.6) is 0 Å². The number of fused-ring (bicyclic) bond motifs is 19. The summed E-state index contributed by atoms with van der Waals surface area (Å²) in [6, 6.07) is 49.4. The predicted octanol–water partition coefficient (Wildman–Crippen LogP) is 15.7. The van der Waals surface area contributed by atoms with Crippen molar-refractivity contribution in [1.82, 2.24) is 9.97 Å². The van der Waals surface area contributed by atoms with E-state index in [0.717, 1.165) is 44.9 Å². The SMILES string of the molecule is CN(C)c1ccc(-c2nc3cc4c(cc3nc2-c2ccc(N(C)C)cc2)c2sc3ccc5sc6ccccc6c5c3c2c2c4sc3ccc4sc5ccccc5c4c32)cc1. The van der Waals surface area contributed by atoms with E-state index >= 15 is 0 Å². The van der Waals surface area contributed by atoms with Crippen molar-refractivity contribution in [3.8, 4) is 22.5 Å². The Morgan fingerprint density at radius 2 is 0.733 bits per heavy atom. The van der Waals surface area contributed by atoms with Crippen LogP contribution in [0.1, 0.15) is 0 Å². The summed E-state index contributed by atoms with van der Waals surface area (Å²) in [5.41, 5.74) is 7.97. The fraction of sp³-hybridized carbons (Fsp3) is 0.0769. The van der Waals surface area contributed by atoms with Gasteiger partial charge in [0.15, 0.2) is 0 Å². The van der Waals surface area contributed by atoms with Crippen molar-refractivity contribution in [3.63, 3.8) is 0 Å². The van der Waals surface area contributed by atoms with Crippen LogP contribution in [0.4, 0.5) is 11.4 Å². The summed E-state index contributed by atoms with van der Waals surface area (Å²) in [5.74, 6) is 0. The van der Waals surface area contributed by atoms with E-state index in [2.05, 4.69) is 171 Å². The Hall–Kier alpha value is -6.16. The number of anilines is 2. The van der Waals surface area contributed by atoms with Crippen LogP contribution in [0.15, 0.2) is 133 Å². The fourth-order valence-corrected chi connectivity index (χ4v) is 14.1. The molecule has 60 heavy (non-hydrogen) atoms. The molecule has 5 aromatic heterocycles. The zero-order chi connectivity index (χ0) is 40.0. The molecule has 0 fully saturated rings. The van der Waals surface area contributed by atoms with Crippen LogP contribution in [0.3, 0.4) is 0 Å². The number of nitrogens with zero attached hydrogens (tertiary/aromatic N) is 4. The third kappa shape index (κ3) is 4.87. The van der Waals surface area contributed by atoms with Gasteiger partial charge >= 0.3 is 0 Å². The number of benzene rings is 8. The Morgan fingerprint density at radius 3 is 1.13 bits per heavy atom. The van der Waals surface area contributed by atoms with Crippen LogP contribution < -0.4 is 9.80 Å². The van der Waals surface area contributed by atoms with Crippen molar-refractivity contribution in [2.75, 3.05) is 38.0 Å². The molecule has 0 aliphatic carbocycles. The van der Waals surface area contributed by atoms with Crippen molar-refractivity contribution in [1.29, 1.82) is 0 Å². The lowest BCUT2D eigenvalue weighted by molar-refractivity contribution is 1.13. The first-order chi connectivity index (χ1) is 29.4. The summed E-state index contributed by atoms with van der Waals surface area (Å²) in [5, 5.41) is 13.4. The van der Waals surface area contributed by atoms with Crippen molar-refractivity contribution < 1.29 is 0 Å². The molecule has 13 aromatic rings. The average molecular weight is 843 g/mol. The highest BCUT2D eigenvalue weighted by Crippen LogP contribution is 2.55. The molecule has 0 aliphatic rings. The minimum Gasteiger partial charge on any atom is -0.378 e. The maximum Gasteiger partial charge on any atom is 0.0973 e. The smallest absolute Gasteiger partial charge is 0.0973 e. The Morgan fingerprint density at radius 1 is 0.350 bits per heavy atom. The molecular formula is C52H34N4S4. The van der Waals surface area contributed by atoms with E-state index in [1.165, 1.54) is 91.5 Å². The zero-order valence-corrected chi connectivity index (χ0v) is 36.4. The second-order valence-corrected chi connectivity index (χ2v) is 20.4. The second-order valence-electron chi connectivity index (χ2n) is 16.1. The van der Waals surface area contributed by atoms with Gasteiger partial charge in [-0.2, -0.15) is 0 Å². The minimum absolute atomic E-state index is 0.887. The standard InChI is InChI=1S/C52H34N4S4/c1-55(2)29-17-13-27(14-18-29)49-50(28-15-19-30(20-16-28)56(3)4)54-36-26-34-33(25-35(36)53-49)51-47(45-41(59-51)23-21-39-43(45)31-9-5-7-11-37(31)57-39)48-46-42(60-52(34)48)24-22-40-44(46)32-10-6-8-12-38(32)58-40/h5-26H,1-4H3. The summed E-state index contributed by atoms with van der Waals surface area (Å²) in [7, 11) is 8.31. The molecule has 0 spiro atoms. The number of aromatic nitrogens is 2. The molecule has 5 heterocycles. The van der Waals surface area contributed by atoms with Crippen molar-refractivity contribution in [2.45, 2.75) is 0 Å². The number of hydrogen-bond donors (Lipinski definition) is 0. The summed E-state index contributed by atoms with van der Waals surface area (Å²) in [6.45, 7) is 0. The molecule has 8 heteroatoms. The molecule has 0 unspecified atom stereocenters. The minimum atomic E-state index is 0.887. The van der Waals surface area contributed by atoms with Gasteiger partial charge in [0.1, 0.15) is 0 Å². The van der Waals surface area contributed by atoms with Crippen molar-refractivity contribution in [3.05, 3.63) is 133 Å². The Kier molecular flexibility index (Phi) is 7.33. The number of hydrogen-bond acceptors (Lipinski definition) is 8. The predicted molar refractivity (Wildman–Crippen MR) is 268 cm³/mol. The van der Waals surface area contributed by atoms with Crippen LogP contribution in [-0.2, 0) is 0 Å². The van der Waals surface area contributed by atoms with Gasteiger partial charge in [-0.1, -0.05) is 60.7 Å². The van der Waals surface area contributed by atoms with E-state index in [9.17, 15) is 0 Å². The average Bonchev–Trinajstić information content (AvgIpc) is 4.05. The van der Waals surface area contributed by atoms with E-state index in [1.807, 2.05) is 45.3 Å². The van der Waals surface area contributed by atoms with Gasteiger partial charge in [0, 0.05) is 142 Å². The van der Waals surface area contributed by atoms with E-state index in [1.54, 1.807) is 0 Å². The van der Waals surface area contributed by atoms with Gasteiger partial charge in [0.05, 0.1) is 22.4 Å². The lowest BCUT2D eigenvalue weighted by atomic mass is 9.96. The fourth-order valence-electron chi connectivity index (χ4n) is 9.38. The molecule has 0 N–H and O–H groups in total. The normalized spacial score (nSPS) is 12.3. The number of rotatable bonds is 4. The topological polar surface area (TPSA) is 32.3 Å². The molecular weight excluding hydrogens is 809 g/mol. The molecule has 0 atom stereocenters. The highest BCUT2D eigenvalue weighted by molar-refractivity contribution is 7.31. The van der Waals surface area contributed by atoms with Gasteiger partial charge in [0.25, 0.3) is 0 Å². The quantitative estimate of drug-likeness (QED) is 0.165. The van der Waals surface area contributed by atoms with Crippen LogP contribution in [-0.4, -0.2) is 38.2 Å². The molecule has 4 nitrogen and oxygen atoms in total. The van der Waals surface area contributed by atoms with Crippen molar-refractivity contribution >= 4 is 159 Å². The zero-order valence-electron chi connectivity index (χ0n) is 33.1. The monoisotopic (exact) mass is 842 g/mol. The lowest BCUT2D eigenvalue weighted by Gasteiger charge is -2.16. The summed E-state index contributed by atoms with van der Waals surface area (Å²) in [6.07, 6.45) is 0. The second kappa shape index (κ2) is 12.7. The molecule has 13 rings (SSSR count). The van der Waals surface area contributed by atoms with Gasteiger partial charge in [-0.3, -0.25) is 0 Å². The molecule has 0 amide bonds. The lowest BCUT2D eigenvalue weighted by Crippen LogP contribution is -2.08. The Bertz CT molecular complexity index is 3680. The maximum atomic E-state index is 5.56. The largest absolute Gasteiger partial charge is 0.378 e.